The second-order valence-corrected chi connectivity index (χ2v) is 2.16. The van der Waals surface area contributed by atoms with Gasteiger partial charge in [-0.25, -0.2) is 0 Å². The Balaban J connectivity index is 2.98. The van der Waals surface area contributed by atoms with Crippen molar-refractivity contribution in [3.05, 3.63) is 11.1 Å². The Bertz CT molecular complexity index is 193. The summed E-state index contributed by atoms with van der Waals surface area (Å²) >= 11 is 0.539. The molecule has 0 aliphatic carbocycles. The first-order valence-corrected chi connectivity index (χ1v) is 2.91. The molecule has 0 atom stereocenters. The summed E-state index contributed by atoms with van der Waals surface area (Å²) in [5.41, 5.74) is 0. The van der Waals surface area contributed by atoms with Gasteiger partial charge in [-0.2, -0.15) is 13.8 Å². The van der Waals surface area contributed by atoms with Gasteiger partial charge in [0, 0.05) is 0 Å². The van der Waals surface area contributed by atoms with E-state index in [4.69, 9.17) is 0 Å². The van der Waals surface area contributed by atoms with Crippen LogP contribution < -0.4 is 4.74 Å². The molecule has 0 spiro atoms. The van der Waals surface area contributed by atoms with Crippen molar-refractivity contribution in [3.63, 3.8) is 0 Å². The molecule has 1 aromatic rings. The highest BCUT2D eigenvalue weighted by Crippen LogP contribution is 2.20. The van der Waals surface area contributed by atoms with Gasteiger partial charge in [0.15, 0.2) is 0 Å². The number of hydrogen-bond donors (Lipinski definition) is 0. The SMILES string of the molecule is COc1nc(F)c(F)s1. The lowest BCUT2D eigenvalue weighted by Crippen LogP contribution is -1.80. The van der Waals surface area contributed by atoms with Gasteiger partial charge < -0.3 is 4.74 Å². The van der Waals surface area contributed by atoms with E-state index in [1.165, 1.54) is 7.11 Å². The van der Waals surface area contributed by atoms with Crippen molar-refractivity contribution in [2.45, 2.75) is 0 Å². The molecule has 0 radical (unpaired) electrons. The van der Waals surface area contributed by atoms with E-state index in [-0.39, 0.29) is 5.19 Å². The lowest BCUT2D eigenvalue weighted by atomic mass is 10.9. The van der Waals surface area contributed by atoms with Crippen LogP contribution >= 0.6 is 11.3 Å². The lowest BCUT2D eigenvalue weighted by Gasteiger charge is -1.84. The standard InChI is InChI=1S/C4H3F2NOS/c1-8-4-7-2(5)3(6)9-4/h1H3. The summed E-state index contributed by atoms with van der Waals surface area (Å²) in [5.74, 6) is -1.10. The number of methoxy groups -OCH3 is 1. The average Bonchev–Trinajstić information content (AvgIpc) is 2.13. The Morgan fingerprint density at radius 1 is 1.56 bits per heavy atom. The highest BCUT2D eigenvalue weighted by atomic mass is 32.1. The number of aromatic nitrogens is 1. The zero-order valence-corrected chi connectivity index (χ0v) is 5.34. The molecule has 1 aromatic heterocycles. The van der Waals surface area contributed by atoms with Crippen molar-refractivity contribution in [3.8, 4) is 5.19 Å². The van der Waals surface area contributed by atoms with Gasteiger partial charge in [-0.3, -0.25) is 0 Å². The Hall–Kier alpha value is -0.710. The summed E-state index contributed by atoms with van der Waals surface area (Å²) in [6.45, 7) is 0. The highest BCUT2D eigenvalue weighted by Gasteiger charge is 2.08. The number of ether oxygens (including phenoxy) is 1. The minimum atomic E-state index is -1.10. The first-order chi connectivity index (χ1) is 4.24. The summed E-state index contributed by atoms with van der Waals surface area (Å²) in [7, 11) is 1.30. The maximum Gasteiger partial charge on any atom is 0.278 e. The first kappa shape index (κ1) is 6.41. The van der Waals surface area contributed by atoms with Gasteiger partial charge in [-0.05, 0) is 11.3 Å². The van der Waals surface area contributed by atoms with Crippen LogP contribution in [0.15, 0.2) is 0 Å². The van der Waals surface area contributed by atoms with Crippen molar-refractivity contribution in [2.75, 3.05) is 7.11 Å². The van der Waals surface area contributed by atoms with Gasteiger partial charge in [-0.15, -0.1) is 0 Å². The number of halogens is 2. The number of thiazole rings is 1. The van der Waals surface area contributed by atoms with Crippen LogP contribution in [-0.4, -0.2) is 12.1 Å². The van der Waals surface area contributed by atoms with E-state index < -0.39 is 11.1 Å². The number of nitrogens with zero attached hydrogens (tertiary/aromatic N) is 1. The number of hydrogen-bond acceptors (Lipinski definition) is 3. The molecule has 1 heterocycles. The predicted molar refractivity (Wildman–Crippen MR) is 28.6 cm³/mol. The molecule has 0 aliphatic rings. The highest BCUT2D eigenvalue weighted by molar-refractivity contribution is 7.11. The molecule has 0 fully saturated rings. The van der Waals surface area contributed by atoms with Crippen molar-refractivity contribution in [1.29, 1.82) is 0 Å². The van der Waals surface area contributed by atoms with Crippen LogP contribution in [-0.2, 0) is 0 Å². The second kappa shape index (κ2) is 2.26. The van der Waals surface area contributed by atoms with Gasteiger partial charge in [0.2, 0.25) is 5.13 Å². The van der Waals surface area contributed by atoms with Crippen LogP contribution in [0.1, 0.15) is 0 Å². The molecule has 0 saturated carbocycles. The molecule has 2 nitrogen and oxygen atoms in total. The second-order valence-electron chi connectivity index (χ2n) is 1.25. The fourth-order valence-electron chi connectivity index (χ4n) is 0.353. The molecule has 0 unspecified atom stereocenters. The Labute approximate surface area is 54.1 Å². The Morgan fingerprint density at radius 3 is 2.44 bits per heavy atom. The van der Waals surface area contributed by atoms with Gasteiger partial charge >= 0.3 is 0 Å². The van der Waals surface area contributed by atoms with E-state index >= 15 is 0 Å². The molecular weight excluding hydrogens is 148 g/mol. The summed E-state index contributed by atoms with van der Waals surface area (Å²) < 4.78 is 28.4. The van der Waals surface area contributed by atoms with Crippen molar-refractivity contribution in [1.82, 2.24) is 4.98 Å². The lowest BCUT2D eigenvalue weighted by molar-refractivity contribution is 0.401. The van der Waals surface area contributed by atoms with E-state index in [0.717, 1.165) is 0 Å². The molecule has 0 saturated heterocycles. The average molecular weight is 151 g/mol. The first-order valence-electron chi connectivity index (χ1n) is 2.10. The molecule has 1 rings (SSSR count). The third-order valence-corrected chi connectivity index (χ3v) is 1.48. The predicted octanol–water partition coefficient (Wildman–Crippen LogP) is 1.43. The van der Waals surface area contributed by atoms with Gasteiger partial charge in [0.25, 0.3) is 11.1 Å². The molecule has 50 valence electrons. The molecule has 0 aliphatic heterocycles. The van der Waals surface area contributed by atoms with Crippen LogP contribution in [0.4, 0.5) is 8.78 Å². The molecule has 9 heavy (non-hydrogen) atoms. The monoisotopic (exact) mass is 151 g/mol. The van der Waals surface area contributed by atoms with Crippen LogP contribution in [0.5, 0.6) is 5.19 Å². The quantitative estimate of drug-likeness (QED) is 0.605. The summed E-state index contributed by atoms with van der Waals surface area (Å²) in [6, 6.07) is 0. The maximum absolute atomic E-state index is 12.0. The van der Waals surface area contributed by atoms with E-state index in [2.05, 4.69) is 9.72 Å². The van der Waals surface area contributed by atoms with Crippen molar-refractivity contribution in [2.24, 2.45) is 0 Å². The molecule has 0 amide bonds. The Kier molecular flexibility index (Phi) is 1.61. The minimum Gasteiger partial charge on any atom is -0.473 e. The van der Waals surface area contributed by atoms with Crippen LogP contribution in [0.3, 0.4) is 0 Å². The van der Waals surface area contributed by atoms with Crippen molar-refractivity contribution < 1.29 is 13.5 Å². The Morgan fingerprint density at radius 2 is 2.22 bits per heavy atom. The van der Waals surface area contributed by atoms with Gasteiger partial charge in [0.1, 0.15) is 0 Å². The minimum absolute atomic E-state index is 0.00463. The van der Waals surface area contributed by atoms with E-state index in [9.17, 15) is 8.78 Å². The fraction of sp³-hybridized carbons (Fsp3) is 0.250. The van der Waals surface area contributed by atoms with Crippen molar-refractivity contribution >= 4 is 11.3 Å². The van der Waals surface area contributed by atoms with Crippen LogP contribution in [0, 0.1) is 11.1 Å². The molecule has 0 bridgehead atoms. The third-order valence-electron chi connectivity index (χ3n) is 0.703. The summed E-state index contributed by atoms with van der Waals surface area (Å²) in [6.07, 6.45) is 0. The van der Waals surface area contributed by atoms with Gasteiger partial charge in [0.05, 0.1) is 7.11 Å². The van der Waals surface area contributed by atoms with E-state index in [1.54, 1.807) is 0 Å². The van der Waals surface area contributed by atoms with E-state index in [0.29, 0.717) is 11.3 Å². The largest absolute Gasteiger partial charge is 0.473 e. The smallest absolute Gasteiger partial charge is 0.278 e. The van der Waals surface area contributed by atoms with Crippen LogP contribution in [0.25, 0.3) is 0 Å². The fourth-order valence-corrected chi connectivity index (χ4v) is 0.845. The molecule has 0 N–H and O–H groups in total. The van der Waals surface area contributed by atoms with Crippen LogP contribution in [0.2, 0.25) is 0 Å². The third kappa shape index (κ3) is 1.16. The molecule has 0 aromatic carbocycles. The zero-order chi connectivity index (χ0) is 6.85. The van der Waals surface area contributed by atoms with E-state index in [1.807, 2.05) is 0 Å². The number of rotatable bonds is 1. The normalized spacial score (nSPS) is 9.67. The maximum atomic E-state index is 12.0. The molecular formula is C4H3F2NOS. The summed E-state index contributed by atoms with van der Waals surface area (Å²) in [5, 5.41) is -0.933. The molecule has 5 heteroatoms. The van der Waals surface area contributed by atoms with Gasteiger partial charge in [-0.1, -0.05) is 0 Å². The summed E-state index contributed by atoms with van der Waals surface area (Å²) in [4.78, 5) is 3.08. The topological polar surface area (TPSA) is 22.1 Å². The zero-order valence-electron chi connectivity index (χ0n) is 4.52.